The van der Waals surface area contributed by atoms with Crippen LogP contribution in [0.1, 0.15) is 39.5 Å². The van der Waals surface area contributed by atoms with Gasteiger partial charge in [0, 0.05) is 0 Å². The van der Waals surface area contributed by atoms with Gasteiger partial charge in [-0.15, -0.1) is 0 Å². The Kier molecular flexibility index (Phi) is 6.87. The quantitative estimate of drug-likeness (QED) is 0.640. The number of hydrogen-bond donors (Lipinski definition) is 0. The summed E-state index contributed by atoms with van der Waals surface area (Å²) in [6.07, 6.45) is 3.42. The fourth-order valence-corrected chi connectivity index (χ4v) is 2.36. The van der Waals surface area contributed by atoms with Crippen molar-refractivity contribution in [3.63, 3.8) is 0 Å². The molecule has 21 heavy (non-hydrogen) atoms. The summed E-state index contributed by atoms with van der Waals surface area (Å²) in [5, 5.41) is 9.33. The molecule has 1 aromatic carbocycles. The largest absolute Gasteiger partial charge is 0.493 e. The fourth-order valence-electron chi connectivity index (χ4n) is 2.36. The lowest BCUT2D eigenvalue weighted by atomic mass is 9.80. The minimum absolute atomic E-state index is 0.228. The van der Waals surface area contributed by atoms with E-state index in [0.717, 1.165) is 25.7 Å². The van der Waals surface area contributed by atoms with Crippen LogP contribution < -0.4 is 14.2 Å². The molecule has 0 aliphatic heterocycles. The van der Waals surface area contributed by atoms with Crippen LogP contribution in [0.4, 0.5) is 0 Å². The molecule has 4 heteroatoms. The number of nitrogens with zero attached hydrogens (tertiary/aromatic N) is 1. The third-order valence-electron chi connectivity index (χ3n) is 4.02. The van der Waals surface area contributed by atoms with Gasteiger partial charge in [-0.3, -0.25) is 0 Å². The summed E-state index contributed by atoms with van der Waals surface area (Å²) in [4.78, 5) is 0. The van der Waals surface area contributed by atoms with Gasteiger partial charge >= 0.3 is 0 Å². The van der Waals surface area contributed by atoms with Gasteiger partial charge in [0.15, 0.2) is 11.5 Å². The zero-order valence-electron chi connectivity index (χ0n) is 13.4. The first-order valence-corrected chi connectivity index (χ1v) is 7.41. The zero-order chi connectivity index (χ0) is 15.7. The van der Waals surface area contributed by atoms with E-state index in [-0.39, 0.29) is 5.41 Å². The van der Waals surface area contributed by atoms with Crippen LogP contribution in [0.15, 0.2) is 18.2 Å². The van der Waals surface area contributed by atoms with E-state index in [4.69, 9.17) is 14.2 Å². The van der Waals surface area contributed by atoms with Gasteiger partial charge in [0.2, 0.25) is 5.75 Å². The first kappa shape index (κ1) is 17.2. The van der Waals surface area contributed by atoms with Crippen LogP contribution in [0.25, 0.3) is 0 Å². The summed E-state index contributed by atoms with van der Waals surface area (Å²) in [6.45, 7) is 4.67. The number of nitriles is 1. The van der Waals surface area contributed by atoms with Crippen LogP contribution in [0, 0.1) is 16.7 Å². The van der Waals surface area contributed by atoms with E-state index in [1.807, 2.05) is 18.2 Å². The number of hydrogen-bond acceptors (Lipinski definition) is 4. The molecule has 0 radical (unpaired) electrons. The van der Waals surface area contributed by atoms with Crippen molar-refractivity contribution in [1.29, 1.82) is 5.26 Å². The van der Waals surface area contributed by atoms with Crippen LogP contribution in [0.5, 0.6) is 17.2 Å². The van der Waals surface area contributed by atoms with Gasteiger partial charge in [0.05, 0.1) is 32.3 Å². The summed E-state index contributed by atoms with van der Waals surface area (Å²) in [7, 11) is 3.22. The maximum Gasteiger partial charge on any atom is 0.203 e. The highest BCUT2D eigenvalue weighted by molar-refractivity contribution is 5.51. The van der Waals surface area contributed by atoms with Crippen molar-refractivity contribution >= 4 is 0 Å². The minimum atomic E-state index is -0.228. The molecule has 0 heterocycles. The second-order valence-corrected chi connectivity index (χ2v) is 5.04. The van der Waals surface area contributed by atoms with Crippen molar-refractivity contribution in [1.82, 2.24) is 0 Å². The van der Waals surface area contributed by atoms with Crippen LogP contribution in [0.3, 0.4) is 0 Å². The number of benzene rings is 1. The molecule has 0 atom stereocenters. The lowest BCUT2D eigenvalue weighted by molar-refractivity contribution is 0.241. The van der Waals surface area contributed by atoms with Gasteiger partial charge in [-0.1, -0.05) is 19.9 Å². The maximum atomic E-state index is 9.33. The molecule has 0 N–H and O–H groups in total. The second kappa shape index (κ2) is 8.41. The predicted molar refractivity (Wildman–Crippen MR) is 82.9 cm³/mol. The summed E-state index contributed by atoms with van der Waals surface area (Å²) in [6, 6.07) is 8.00. The highest BCUT2D eigenvalue weighted by atomic mass is 16.5. The predicted octanol–water partition coefficient (Wildman–Crippen LogP) is 4.19. The first-order chi connectivity index (χ1) is 10.2. The number of para-hydroxylation sites is 1. The molecule has 0 fully saturated rings. The van der Waals surface area contributed by atoms with E-state index in [0.29, 0.717) is 23.9 Å². The van der Waals surface area contributed by atoms with Crippen LogP contribution >= 0.6 is 0 Å². The molecule has 1 rings (SSSR count). The summed E-state index contributed by atoms with van der Waals surface area (Å²) < 4.78 is 16.4. The smallest absolute Gasteiger partial charge is 0.203 e. The van der Waals surface area contributed by atoms with Crippen molar-refractivity contribution in [2.75, 3.05) is 20.8 Å². The van der Waals surface area contributed by atoms with E-state index >= 15 is 0 Å². The van der Waals surface area contributed by atoms with E-state index in [1.54, 1.807) is 14.2 Å². The average Bonchev–Trinajstić information content (AvgIpc) is 2.55. The zero-order valence-corrected chi connectivity index (χ0v) is 13.4. The molecule has 0 aliphatic carbocycles. The van der Waals surface area contributed by atoms with Crippen molar-refractivity contribution in [3.05, 3.63) is 18.2 Å². The molecule has 0 saturated carbocycles. The SMILES string of the molecule is CCC(C#N)(CC)CCCOc1c(OC)cccc1OC. The van der Waals surface area contributed by atoms with Gasteiger partial charge < -0.3 is 14.2 Å². The van der Waals surface area contributed by atoms with Crippen LogP contribution in [0.2, 0.25) is 0 Å². The topological polar surface area (TPSA) is 51.5 Å². The minimum Gasteiger partial charge on any atom is -0.493 e. The number of methoxy groups -OCH3 is 2. The molecule has 116 valence electrons. The van der Waals surface area contributed by atoms with E-state index in [2.05, 4.69) is 19.9 Å². The third-order valence-corrected chi connectivity index (χ3v) is 4.02. The molecular formula is C17H25NO3. The molecule has 0 saturated heterocycles. The molecule has 0 aromatic heterocycles. The lowest BCUT2D eigenvalue weighted by Gasteiger charge is -2.23. The summed E-state index contributed by atoms with van der Waals surface area (Å²) in [5.41, 5.74) is -0.228. The Morgan fingerprint density at radius 1 is 1.10 bits per heavy atom. The standard InChI is InChI=1S/C17H25NO3/c1-5-17(6-2,13-18)11-8-12-21-16-14(19-3)9-7-10-15(16)20-4/h7,9-10H,5-6,8,11-12H2,1-4H3. The highest BCUT2D eigenvalue weighted by Crippen LogP contribution is 2.37. The van der Waals surface area contributed by atoms with Gasteiger partial charge in [-0.25, -0.2) is 0 Å². The molecule has 0 spiro atoms. The Morgan fingerprint density at radius 2 is 1.67 bits per heavy atom. The fraction of sp³-hybridized carbons (Fsp3) is 0.588. The molecule has 0 unspecified atom stereocenters. The number of ether oxygens (including phenoxy) is 3. The maximum absolute atomic E-state index is 9.33. The highest BCUT2D eigenvalue weighted by Gasteiger charge is 2.25. The van der Waals surface area contributed by atoms with Crippen LogP contribution in [-0.2, 0) is 0 Å². The molecular weight excluding hydrogens is 266 g/mol. The average molecular weight is 291 g/mol. The van der Waals surface area contributed by atoms with Gasteiger partial charge in [-0.2, -0.15) is 5.26 Å². The van der Waals surface area contributed by atoms with Crippen LogP contribution in [-0.4, -0.2) is 20.8 Å². The second-order valence-electron chi connectivity index (χ2n) is 5.04. The first-order valence-electron chi connectivity index (χ1n) is 7.41. The van der Waals surface area contributed by atoms with Crippen molar-refractivity contribution in [3.8, 4) is 23.3 Å². The Bertz CT molecular complexity index is 453. The number of rotatable bonds is 9. The molecule has 4 nitrogen and oxygen atoms in total. The summed E-state index contributed by atoms with van der Waals surface area (Å²) in [5.74, 6) is 1.94. The molecule has 0 amide bonds. The van der Waals surface area contributed by atoms with Gasteiger partial charge in [-0.05, 0) is 37.8 Å². The molecule has 0 bridgehead atoms. The lowest BCUT2D eigenvalue weighted by Crippen LogP contribution is -2.17. The Morgan fingerprint density at radius 3 is 2.10 bits per heavy atom. The summed E-state index contributed by atoms with van der Waals surface area (Å²) >= 11 is 0. The Balaban J connectivity index is 2.63. The Labute approximate surface area is 127 Å². The van der Waals surface area contributed by atoms with Gasteiger partial charge in [0.25, 0.3) is 0 Å². The normalized spacial score (nSPS) is 10.8. The van der Waals surface area contributed by atoms with E-state index < -0.39 is 0 Å². The monoisotopic (exact) mass is 291 g/mol. The van der Waals surface area contributed by atoms with E-state index in [1.165, 1.54) is 0 Å². The van der Waals surface area contributed by atoms with Crippen molar-refractivity contribution in [2.45, 2.75) is 39.5 Å². The molecule has 1 aromatic rings. The third kappa shape index (κ3) is 4.29. The Hall–Kier alpha value is -1.89. The van der Waals surface area contributed by atoms with Crippen molar-refractivity contribution in [2.24, 2.45) is 5.41 Å². The van der Waals surface area contributed by atoms with E-state index in [9.17, 15) is 5.26 Å². The van der Waals surface area contributed by atoms with Gasteiger partial charge in [0.1, 0.15) is 0 Å². The van der Waals surface area contributed by atoms with Crippen molar-refractivity contribution < 1.29 is 14.2 Å². The molecule has 0 aliphatic rings.